The third-order valence-electron chi connectivity index (χ3n) is 3.15. The summed E-state index contributed by atoms with van der Waals surface area (Å²) >= 11 is 6.15. The van der Waals surface area contributed by atoms with E-state index in [1.54, 1.807) is 6.07 Å². The SMILES string of the molecule is CCC(C)/C=C\c1c(C)c(Cl)cc(OC)c1C=O. The van der Waals surface area contributed by atoms with E-state index in [0.29, 0.717) is 22.3 Å². The van der Waals surface area contributed by atoms with E-state index in [2.05, 4.69) is 19.9 Å². The van der Waals surface area contributed by atoms with Crippen molar-refractivity contribution in [3.05, 3.63) is 33.9 Å². The maximum atomic E-state index is 11.2. The average Bonchev–Trinajstić information content (AvgIpc) is 2.39. The molecule has 1 atom stereocenters. The number of ether oxygens (including phenoxy) is 1. The minimum absolute atomic E-state index is 0.467. The summed E-state index contributed by atoms with van der Waals surface area (Å²) in [5.41, 5.74) is 2.30. The van der Waals surface area contributed by atoms with Gasteiger partial charge in [-0.3, -0.25) is 4.79 Å². The minimum Gasteiger partial charge on any atom is -0.496 e. The van der Waals surface area contributed by atoms with Crippen molar-refractivity contribution in [3.63, 3.8) is 0 Å². The molecule has 0 saturated carbocycles. The van der Waals surface area contributed by atoms with Crippen molar-refractivity contribution in [2.45, 2.75) is 27.2 Å². The average molecular weight is 267 g/mol. The Morgan fingerprint density at radius 3 is 2.61 bits per heavy atom. The lowest BCUT2D eigenvalue weighted by Gasteiger charge is -2.12. The van der Waals surface area contributed by atoms with Gasteiger partial charge in [-0.15, -0.1) is 0 Å². The first-order valence-corrected chi connectivity index (χ1v) is 6.43. The van der Waals surface area contributed by atoms with Crippen molar-refractivity contribution in [2.24, 2.45) is 5.92 Å². The maximum absolute atomic E-state index is 11.2. The normalized spacial score (nSPS) is 12.7. The number of aldehydes is 1. The van der Waals surface area contributed by atoms with E-state index in [0.717, 1.165) is 23.8 Å². The van der Waals surface area contributed by atoms with Crippen LogP contribution in [0.15, 0.2) is 12.1 Å². The van der Waals surface area contributed by atoms with Crippen LogP contribution in [-0.2, 0) is 0 Å². The molecular weight excluding hydrogens is 248 g/mol. The number of rotatable bonds is 5. The predicted octanol–water partition coefficient (Wildman–Crippen LogP) is 4.53. The van der Waals surface area contributed by atoms with Gasteiger partial charge in [0, 0.05) is 5.02 Å². The van der Waals surface area contributed by atoms with Gasteiger partial charge in [-0.05, 0) is 30.0 Å². The number of allylic oxidation sites excluding steroid dienone is 1. The van der Waals surface area contributed by atoms with Crippen LogP contribution in [0, 0.1) is 12.8 Å². The van der Waals surface area contributed by atoms with Crippen LogP contribution in [0.2, 0.25) is 5.02 Å². The molecule has 0 bridgehead atoms. The third-order valence-corrected chi connectivity index (χ3v) is 3.54. The lowest BCUT2D eigenvalue weighted by atomic mass is 9.99. The molecule has 18 heavy (non-hydrogen) atoms. The molecular formula is C15H19ClO2. The molecule has 0 aliphatic carbocycles. The molecule has 0 spiro atoms. The number of hydrogen-bond acceptors (Lipinski definition) is 2. The molecule has 0 aromatic heterocycles. The van der Waals surface area contributed by atoms with Crippen LogP contribution in [0.3, 0.4) is 0 Å². The number of benzene rings is 1. The molecule has 98 valence electrons. The number of carbonyl (C=O) groups excluding carboxylic acids is 1. The summed E-state index contributed by atoms with van der Waals surface area (Å²) < 4.78 is 5.20. The van der Waals surface area contributed by atoms with Gasteiger partial charge < -0.3 is 4.74 Å². The number of hydrogen-bond donors (Lipinski definition) is 0. The fraction of sp³-hybridized carbons (Fsp3) is 0.400. The summed E-state index contributed by atoms with van der Waals surface area (Å²) in [6.07, 6.45) is 5.93. The van der Waals surface area contributed by atoms with Crippen LogP contribution in [0.1, 0.15) is 41.8 Å². The Kier molecular flexibility index (Phi) is 5.42. The summed E-state index contributed by atoms with van der Waals surface area (Å²) in [6, 6.07) is 1.68. The van der Waals surface area contributed by atoms with E-state index < -0.39 is 0 Å². The largest absolute Gasteiger partial charge is 0.496 e. The molecule has 0 aliphatic heterocycles. The first-order chi connectivity index (χ1) is 8.54. The lowest BCUT2D eigenvalue weighted by Crippen LogP contribution is -1.98. The fourth-order valence-corrected chi connectivity index (χ4v) is 1.87. The molecule has 3 heteroatoms. The Morgan fingerprint density at radius 1 is 1.44 bits per heavy atom. The van der Waals surface area contributed by atoms with Crippen molar-refractivity contribution in [3.8, 4) is 5.75 Å². The quantitative estimate of drug-likeness (QED) is 0.732. The van der Waals surface area contributed by atoms with Crippen LogP contribution in [-0.4, -0.2) is 13.4 Å². The van der Waals surface area contributed by atoms with Gasteiger partial charge in [0.1, 0.15) is 5.75 Å². The molecule has 0 amide bonds. The van der Waals surface area contributed by atoms with E-state index in [1.807, 2.05) is 13.0 Å². The van der Waals surface area contributed by atoms with Crippen molar-refractivity contribution in [1.29, 1.82) is 0 Å². The summed E-state index contributed by atoms with van der Waals surface area (Å²) in [4.78, 5) is 11.2. The lowest BCUT2D eigenvalue weighted by molar-refractivity contribution is 0.112. The van der Waals surface area contributed by atoms with E-state index in [9.17, 15) is 4.79 Å². The van der Waals surface area contributed by atoms with Gasteiger partial charge in [0.25, 0.3) is 0 Å². The van der Waals surface area contributed by atoms with Crippen LogP contribution in [0.4, 0.5) is 0 Å². The second kappa shape index (κ2) is 6.60. The van der Waals surface area contributed by atoms with Crippen LogP contribution in [0.25, 0.3) is 6.08 Å². The Hall–Kier alpha value is -1.28. The number of halogens is 1. The Bertz CT molecular complexity index is 464. The highest BCUT2D eigenvalue weighted by Crippen LogP contribution is 2.31. The smallest absolute Gasteiger partial charge is 0.154 e. The molecule has 0 aliphatic rings. The third kappa shape index (κ3) is 3.14. The summed E-state index contributed by atoms with van der Waals surface area (Å²) in [7, 11) is 1.54. The number of carbonyl (C=O) groups is 1. The molecule has 1 rings (SSSR count). The van der Waals surface area contributed by atoms with Crippen molar-refractivity contribution < 1.29 is 9.53 Å². The van der Waals surface area contributed by atoms with Gasteiger partial charge in [-0.25, -0.2) is 0 Å². The molecule has 0 radical (unpaired) electrons. The summed E-state index contributed by atoms with van der Waals surface area (Å²) in [6.45, 7) is 6.17. The zero-order valence-electron chi connectivity index (χ0n) is 11.3. The highest BCUT2D eigenvalue weighted by molar-refractivity contribution is 6.32. The van der Waals surface area contributed by atoms with E-state index in [-0.39, 0.29) is 0 Å². The maximum Gasteiger partial charge on any atom is 0.154 e. The molecule has 1 aromatic carbocycles. The molecule has 1 aromatic rings. The van der Waals surface area contributed by atoms with E-state index in [4.69, 9.17) is 16.3 Å². The van der Waals surface area contributed by atoms with Crippen LogP contribution in [0.5, 0.6) is 5.75 Å². The molecule has 0 saturated heterocycles. The minimum atomic E-state index is 0.467. The summed E-state index contributed by atoms with van der Waals surface area (Å²) in [5.74, 6) is 0.985. The van der Waals surface area contributed by atoms with Gasteiger partial charge in [0.2, 0.25) is 0 Å². The van der Waals surface area contributed by atoms with Gasteiger partial charge in [-0.2, -0.15) is 0 Å². The van der Waals surface area contributed by atoms with Crippen LogP contribution < -0.4 is 4.74 Å². The van der Waals surface area contributed by atoms with Gasteiger partial charge in [0.05, 0.1) is 12.7 Å². The number of methoxy groups -OCH3 is 1. The summed E-state index contributed by atoms with van der Waals surface area (Å²) in [5, 5.41) is 0.612. The first kappa shape index (κ1) is 14.8. The monoisotopic (exact) mass is 266 g/mol. The molecule has 0 fully saturated rings. The highest BCUT2D eigenvalue weighted by atomic mass is 35.5. The second-order valence-electron chi connectivity index (χ2n) is 4.38. The highest BCUT2D eigenvalue weighted by Gasteiger charge is 2.13. The molecule has 0 N–H and O–H groups in total. The fourth-order valence-electron chi connectivity index (χ4n) is 1.67. The molecule has 1 unspecified atom stereocenters. The van der Waals surface area contributed by atoms with Gasteiger partial charge in [-0.1, -0.05) is 44.0 Å². The standard InChI is InChI=1S/C15H19ClO2/c1-5-10(2)6-7-12-11(3)14(16)8-15(18-4)13(12)9-17/h6-10H,5H2,1-4H3/b7-6-. The molecule has 2 nitrogen and oxygen atoms in total. The van der Waals surface area contributed by atoms with E-state index in [1.165, 1.54) is 7.11 Å². The van der Waals surface area contributed by atoms with Crippen molar-refractivity contribution in [2.75, 3.05) is 7.11 Å². The van der Waals surface area contributed by atoms with Crippen LogP contribution >= 0.6 is 11.6 Å². The van der Waals surface area contributed by atoms with Crippen molar-refractivity contribution >= 4 is 24.0 Å². The second-order valence-corrected chi connectivity index (χ2v) is 4.78. The zero-order valence-corrected chi connectivity index (χ0v) is 12.0. The Morgan fingerprint density at radius 2 is 2.11 bits per heavy atom. The Labute approximate surface area is 114 Å². The zero-order chi connectivity index (χ0) is 13.7. The first-order valence-electron chi connectivity index (χ1n) is 6.05. The Balaban J connectivity index is 3.35. The van der Waals surface area contributed by atoms with Gasteiger partial charge >= 0.3 is 0 Å². The van der Waals surface area contributed by atoms with E-state index >= 15 is 0 Å². The topological polar surface area (TPSA) is 26.3 Å². The van der Waals surface area contributed by atoms with Gasteiger partial charge in [0.15, 0.2) is 6.29 Å². The predicted molar refractivity (Wildman–Crippen MR) is 76.6 cm³/mol. The van der Waals surface area contributed by atoms with Crippen molar-refractivity contribution in [1.82, 2.24) is 0 Å². The molecule has 0 heterocycles.